The van der Waals surface area contributed by atoms with Crippen LogP contribution in [0.2, 0.25) is 0 Å². The third kappa shape index (κ3) is 9.29. The second kappa shape index (κ2) is 15.7. The van der Waals surface area contributed by atoms with Crippen molar-refractivity contribution in [3.05, 3.63) is 96.1 Å². The number of imidazole rings is 2. The monoisotopic (exact) mass is 530 g/mol. The van der Waals surface area contributed by atoms with Crippen LogP contribution in [-0.4, -0.2) is 47.4 Å². The van der Waals surface area contributed by atoms with Gasteiger partial charge in [-0.1, -0.05) is 24.3 Å². The maximum atomic E-state index is 6.25. The summed E-state index contributed by atoms with van der Waals surface area (Å²) in [6, 6.07) is 17.0. The van der Waals surface area contributed by atoms with Crippen molar-refractivity contribution in [3.63, 3.8) is 0 Å². The molecule has 2 heterocycles. The third-order valence-electron chi connectivity index (χ3n) is 7.50. The molecule has 2 N–H and O–H groups in total. The molecule has 0 bridgehead atoms. The van der Waals surface area contributed by atoms with E-state index in [9.17, 15) is 0 Å². The Morgan fingerprint density at radius 3 is 1.41 bits per heavy atom. The molecule has 7 nitrogen and oxygen atoms in total. The lowest BCUT2D eigenvalue weighted by atomic mass is 9.90. The highest BCUT2D eigenvalue weighted by atomic mass is 16.5. The predicted octanol–water partition coefficient (Wildman–Crippen LogP) is 6.86. The zero-order valence-electron chi connectivity index (χ0n) is 23.3. The summed E-state index contributed by atoms with van der Waals surface area (Å²) in [5.74, 6) is 2.68. The lowest BCUT2D eigenvalue weighted by Gasteiger charge is -2.20. The molecule has 4 aromatic rings. The van der Waals surface area contributed by atoms with Crippen LogP contribution >= 0.6 is 0 Å². The lowest BCUT2D eigenvalue weighted by molar-refractivity contribution is 0.118. The van der Waals surface area contributed by atoms with Gasteiger partial charge in [-0.15, -0.1) is 0 Å². The van der Waals surface area contributed by atoms with Crippen LogP contribution in [0.3, 0.4) is 0 Å². The van der Waals surface area contributed by atoms with Crippen molar-refractivity contribution >= 4 is 0 Å². The van der Waals surface area contributed by atoms with E-state index >= 15 is 0 Å². The molecular weight excluding hydrogens is 488 g/mol. The molecule has 0 saturated heterocycles. The van der Waals surface area contributed by atoms with Crippen LogP contribution in [0.5, 0.6) is 11.5 Å². The van der Waals surface area contributed by atoms with Crippen molar-refractivity contribution in [1.29, 1.82) is 0 Å². The first-order valence-electron chi connectivity index (χ1n) is 14.0. The highest BCUT2D eigenvalue weighted by Gasteiger charge is 2.15. The molecule has 0 spiro atoms. The van der Waals surface area contributed by atoms with Gasteiger partial charge in [0.1, 0.15) is 11.5 Å². The molecule has 0 aliphatic rings. The van der Waals surface area contributed by atoms with Gasteiger partial charge in [0.15, 0.2) is 0 Å². The predicted molar refractivity (Wildman–Crippen MR) is 155 cm³/mol. The highest BCUT2D eigenvalue weighted by Crippen LogP contribution is 2.29. The van der Waals surface area contributed by atoms with Crippen LogP contribution in [0.4, 0.5) is 0 Å². The van der Waals surface area contributed by atoms with Crippen LogP contribution < -0.4 is 9.47 Å². The first-order chi connectivity index (χ1) is 19.2. The largest absolute Gasteiger partial charge is 0.497 e. The zero-order chi connectivity index (χ0) is 27.1. The molecule has 0 amide bonds. The molecule has 0 radical (unpaired) electrons. The van der Waals surface area contributed by atoms with Crippen LogP contribution in [-0.2, 0) is 17.6 Å². The van der Waals surface area contributed by atoms with Crippen molar-refractivity contribution in [2.75, 3.05) is 27.4 Å². The van der Waals surface area contributed by atoms with Gasteiger partial charge in [-0.3, -0.25) is 0 Å². The van der Waals surface area contributed by atoms with Crippen molar-refractivity contribution < 1.29 is 14.2 Å². The molecule has 4 rings (SSSR count). The molecule has 0 aliphatic carbocycles. The average Bonchev–Trinajstić information content (AvgIpc) is 3.70. The second-order valence-electron chi connectivity index (χ2n) is 10.1. The Morgan fingerprint density at radius 1 is 0.615 bits per heavy atom. The number of nitrogens with one attached hydrogen (secondary N) is 2. The number of nitrogens with zero attached hydrogens (tertiary/aromatic N) is 2. The van der Waals surface area contributed by atoms with Gasteiger partial charge in [-0.25, -0.2) is 9.97 Å². The van der Waals surface area contributed by atoms with Crippen LogP contribution in [0.1, 0.15) is 72.9 Å². The number of ether oxygens (including phenoxy) is 3. The molecule has 0 fully saturated rings. The Kier molecular flexibility index (Phi) is 11.5. The smallest absolute Gasteiger partial charge is 0.118 e. The summed E-state index contributed by atoms with van der Waals surface area (Å²) in [6.07, 6.45) is 15.8. The fourth-order valence-corrected chi connectivity index (χ4v) is 5.18. The van der Waals surface area contributed by atoms with Gasteiger partial charge >= 0.3 is 0 Å². The Morgan fingerprint density at radius 2 is 1.05 bits per heavy atom. The Bertz CT molecular complexity index is 1070. The normalized spacial score (nSPS) is 12.8. The number of rotatable bonds is 18. The maximum absolute atomic E-state index is 6.25. The van der Waals surface area contributed by atoms with E-state index in [1.165, 1.54) is 22.5 Å². The summed E-state index contributed by atoms with van der Waals surface area (Å²) >= 11 is 0. The zero-order valence-corrected chi connectivity index (χ0v) is 23.3. The SMILES string of the molecule is COc1ccc(C(CCCc2cnc[nH]2)CCOCCC(CCCc2cnc[nH]2)c2ccc(OC)cc2)cc1. The van der Waals surface area contributed by atoms with E-state index in [0.29, 0.717) is 11.8 Å². The average molecular weight is 531 g/mol. The van der Waals surface area contributed by atoms with Crippen molar-refractivity contribution in [1.82, 2.24) is 19.9 Å². The standard InChI is InChI=1S/C32H42N4O3/c1-37-31-13-9-27(10-14-31)25(5-3-7-29-21-33-23-35-29)17-19-39-20-18-26(6-4-8-30-22-34-24-36-30)28-11-15-32(38-2)16-12-28/h9-16,21-26H,3-8,17-20H2,1-2H3,(H,33,35)(H,34,36). The van der Waals surface area contributed by atoms with E-state index < -0.39 is 0 Å². The van der Waals surface area contributed by atoms with Gasteiger partial charge in [0.05, 0.1) is 26.9 Å². The fraction of sp³-hybridized carbons (Fsp3) is 0.438. The lowest BCUT2D eigenvalue weighted by Crippen LogP contribution is -2.09. The van der Waals surface area contributed by atoms with Gasteiger partial charge in [0.2, 0.25) is 0 Å². The number of hydrogen-bond acceptors (Lipinski definition) is 5. The summed E-state index contributed by atoms with van der Waals surface area (Å²) in [5, 5.41) is 0. The van der Waals surface area contributed by atoms with E-state index in [2.05, 4.69) is 68.5 Å². The number of H-pyrrole nitrogens is 2. The maximum Gasteiger partial charge on any atom is 0.118 e. The summed E-state index contributed by atoms with van der Waals surface area (Å²) in [7, 11) is 3.42. The van der Waals surface area contributed by atoms with Crippen molar-refractivity contribution in [2.24, 2.45) is 0 Å². The number of benzene rings is 2. The Labute approximate surface area is 232 Å². The van der Waals surface area contributed by atoms with Crippen LogP contribution in [0.25, 0.3) is 0 Å². The topological polar surface area (TPSA) is 85.0 Å². The number of aryl methyl sites for hydroxylation is 2. The molecule has 2 aromatic carbocycles. The van der Waals surface area contributed by atoms with Gasteiger partial charge in [-0.05, 0) is 98.6 Å². The first-order valence-corrected chi connectivity index (χ1v) is 14.0. The molecule has 2 unspecified atom stereocenters. The first kappa shape index (κ1) is 28.4. The fourth-order valence-electron chi connectivity index (χ4n) is 5.18. The molecule has 0 aliphatic heterocycles. The molecule has 39 heavy (non-hydrogen) atoms. The van der Waals surface area contributed by atoms with Crippen molar-refractivity contribution in [2.45, 2.75) is 63.2 Å². The molecule has 0 saturated carbocycles. The summed E-state index contributed by atoms with van der Waals surface area (Å²) in [5.41, 5.74) is 5.08. The Hall–Kier alpha value is -3.58. The van der Waals surface area contributed by atoms with Crippen LogP contribution in [0.15, 0.2) is 73.6 Å². The molecule has 7 heteroatoms. The minimum absolute atomic E-state index is 0.450. The van der Waals surface area contributed by atoms with E-state index in [0.717, 1.165) is 76.1 Å². The second-order valence-corrected chi connectivity index (χ2v) is 10.1. The molecule has 2 atom stereocenters. The van der Waals surface area contributed by atoms with Gasteiger partial charge < -0.3 is 24.2 Å². The number of aromatic nitrogens is 4. The van der Waals surface area contributed by atoms with Gasteiger partial charge in [-0.2, -0.15) is 0 Å². The van der Waals surface area contributed by atoms with E-state index in [-0.39, 0.29) is 0 Å². The Balaban J connectivity index is 1.28. The van der Waals surface area contributed by atoms with Gasteiger partial charge in [0, 0.05) is 37.0 Å². The quantitative estimate of drug-likeness (QED) is 0.137. The minimum Gasteiger partial charge on any atom is -0.497 e. The van der Waals surface area contributed by atoms with Crippen LogP contribution in [0, 0.1) is 0 Å². The number of aromatic amines is 2. The van der Waals surface area contributed by atoms with E-state index in [4.69, 9.17) is 14.2 Å². The summed E-state index contributed by atoms with van der Waals surface area (Å²) < 4.78 is 17.0. The molecule has 2 aromatic heterocycles. The van der Waals surface area contributed by atoms with Crippen molar-refractivity contribution in [3.8, 4) is 11.5 Å². The minimum atomic E-state index is 0.450. The number of methoxy groups -OCH3 is 2. The van der Waals surface area contributed by atoms with E-state index in [1.54, 1.807) is 26.9 Å². The number of hydrogen-bond donors (Lipinski definition) is 2. The summed E-state index contributed by atoms with van der Waals surface area (Å²) in [4.78, 5) is 14.7. The van der Waals surface area contributed by atoms with Gasteiger partial charge in [0.25, 0.3) is 0 Å². The molecular formula is C32H42N4O3. The summed E-state index contributed by atoms with van der Waals surface area (Å²) in [6.45, 7) is 1.51. The molecule has 208 valence electrons. The van der Waals surface area contributed by atoms with E-state index in [1.807, 2.05) is 12.4 Å². The highest BCUT2D eigenvalue weighted by molar-refractivity contribution is 5.30. The third-order valence-corrected chi connectivity index (χ3v) is 7.50.